The lowest BCUT2D eigenvalue weighted by Crippen LogP contribution is -2.37. The van der Waals surface area contributed by atoms with E-state index in [2.05, 4.69) is 20.2 Å². The highest BCUT2D eigenvalue weighted by molar-refractivity contribution is 5.91. The second-order valence-corrected chi connectivity index (χ2v) is 8.12. The van der Waals surface area contributed by atoms with E-state index >= 15 is 0 Å². The first-order chi connectivity index (χ1) is 16.8. The van der Waals surface area contributed by atoms with E-state index in [1.165, 1.54) is 0 Å². The summed E-state index contributed by atoms with van der Waals surface area (Å²) in [7, 11) is 0. The van der Waals surface area contributed by atoms with Gasteiger partial charge >= 0.3 is 0 Å². The Hall–Kier alpha value is -3.68. The smallest absolute Gasteiger partial charge is 0.141 e. The molecule has 1 fully saturated rings. The van der Waals surface area contributed by atoms with E-state index in [4.69, 9.17) is 14.2 Å². The van der Waals surface area contributed by atoms with Gasteiger partial charge in [0.25, 0.3) is 0 Å². The van der Waals surface area contributed by atoms with Crippen LogP contribution in [0.2, 0.25) is 0 Å². The van der Waals surface area contributed by atoms with Gasteiger partial charge in [-0.3, -0.25) is 4.90 Å². The topological polar surface area (TPSA) is 68.7 Å². The van der Waals surface area contributed by atoms with Gasteiger partial charge in [0.1, 0.15) is 29.4 Å². The molecule has 2 heterocycles. The van der Waals surface area contributed by atoms with Crippen LogP contribution >= 0.6 is 0 Å². The largest absolute Gasteiger partial charge is 0.493 e. The molecular formula is C27H28N4O3. The van der Waals surface area contributed by atoms with Crippen molar-refractivity contribution < 1.29 is 14.2 Å². The maximum absolute atomic E-state index is 5.97. The normalized spacial score (nSPS) is 14.1. The van der Waals surface area contributed by atoms with Gasteiger partial charge in [-0.25, -0.2) is 9.97 Å². The van der Waals surface area contributed by atoms with E-state index in [0.717, 1.165) is 78.9 Å². The molecule has 0 spiro atoms. The van der Waals surface area contributed by atoms with Crippen molar-refractivity contribution in [2.24, 2.45) is 0 Å². The van der Waals surface area contributed by atoms with Crippen molar-refractivity contribution in [1.29, 1.82) is 0 Å². The fourth-order valence-electron chi connectivity index (χ4n) is 3.90. The number of rotatable bonds is 9. The monoisotopic (exact) mass is 456 g/mol. The Kier molecular flexibility index (Phi) is 7.13. The molecule has 1 saturated heterocycles. The Balaban J connectivity index is 1.19. The fourth-order valence-corrected chi connectivity index (χ4v) is 3.90. The second-order valence-electron chi connectivity index (χ2n) is 8.12. The maximum atomic E-state index is 5.97. The molecule has 34 heavy (non-hydrogen) atoms. The first-order valence-corrected chi connectivity index (χ1v) is 11.6. The number of para-hydroxylation sites is 1. The maximum Gasteiger partial charge on any atom is 0.141 e. The molecule has 174 valence electrons. The highest BCUT2D eigenvalue weighted by Gasteiger charge is 2.10. The molecule has 5 rings (SSSR count). The molecular weight excluding hydrogens is 428 g/mol. The predicted octanol–water partition coefficient (Wildman–Crippen LogP) is 5.27. The average Bonchev–Trinajstić information content (AvgIpc) is 2.89. The van der Waals surface area contributed by atoms with Crippen molar-refractivity contribution >= 4 is 22.4 Å². The van der Waals surface area contributed by atoms with E-state index in [1.807, 2.05) is 72.8 Å². The van der Waals surface area contributed by atoms with Crippen LogP contribution in [0.4, 0.5) is 11.5 Å². The van der Waals surface area contributed by atoms with Crippen LogP contribution in [-0.2, 0) is 4.74 Å². The molecule has 4 aromatic rings. The van der Waals surface area contributed by atoms with Gasteiger partial charge in [-0.15, -0.1) is 0 Å². The van der Waals surface area contributed by atoms with Crippen LogP contribution in [0.25, 0.3) is 10.9 Å². The van der Waals surface area contributed by atoms with Crippen LogP contribution in [0.1, 0.15) is 6.42 Å². The molecule has 1 aliphatic heterocycles. The van der Waals surface area contributed by atoms with Crippen LogP contribution < -0.4 is 14.8 Å². The first kappa shape index (κ1) is 22.1. The Morgan fingerprint density at radius 2 is 1.62 bits per heavy atom. The van der Waals surface area contributed by atoms with E-state index < -0.39 is 0 Å². The van der Waals surface area contributed by atoms with Crippen molar-refractivity contribution in [2.45, 2.75) is 6.42 Å². The van der Waals surface area contributed by atoms with Gasteiger partial charge < -0.3 is 19.5 Å². The lowest BCUT2D eigenvalue weighted by molar-refractivity contribution is 0.0358. The van der Waals surface area contributed by atoms with Crippen LogP contribution in [0.5, 0.6) is 17.2 Å². The minimum atomic E-state index is 0.677. The lowest BCUT2D eigenvalue weighted by Gasteiger charge is -2.26. The summed E-state index contributed by atoms with van der Waals surface area (Å²) in [6.07, 6.45) is 2.55. The van der Waals surface area contributed by atoms with Gasteiger partial charge in [0, 0.05) is 36.8 Å². The molecule has 7 nitrogen and oxygen atoms in total. The summed E-state index contributed by atoms with van der Waals surface area (Å²) in [6, 6.07) is 23.5. The van der Waals surface area contributed by atoms with Gasteiger partial charge in [0.05, 0.1) is 25.3 Å². The van der Waals surface area contributed by atoms with Gasteiger partial charge in [0.2, 0.25) is 0 Å². The summed E-state index contributed by atoms with van der Waals surface area (Å²) in [5.74, 6) is 3.16. The van der Waals surface area contributed by atoms with Crippen LogP contribution in [0.3, 0.4) is 0 Å². The average molecular weight is 457 g/mol. The second kappa shape index (κ2) is 11.0. The number of anilines is 2. The summed E-state index contributed by atoms with van der Waals surface area (Å²) < 4.78 is 17.2. The van der Waals surface area contributed by atoms with E-state index in [1.54, 1.807) is 6.33 Å². The number of benzene rings is 3. The van der Waals surface area contributed by atoms with Crippen LogP contribution in [0.15, 0.2) is 79.1 Å². The van der Waals surface area contributed by atoms with Gasteiger partial charge in [-0.05, 0) is 55.0 Å². The molecule has 0 aliphatic carbocycles. The number of ether oxygens (including phenoxy) is 3. The van der Waals surface area contributed by atoms with Crippen molar-refractivity contribution in [3.05, 3.63) is 79.1 Å². The number of fused-ring (bicyclic) bond motifs is 1. The van der Waals surface area contributed by atoms with Crippen LogP contribution in [0, 0.1) is 0 Å². The lowest BCUT2D eigenvalue weighted by atomic mass is 10.2. The Labute approximate surface area is 199 Å². The van der Waals surface area contributed by atoms with Gasteiger partial charge in [-0.2, -0.15) is 0 Å². The number of hydrogen-bond donors (Lipinski definition) is 1. The van der Waals surface area contributed by atoms with Crippen LogP contribution in [-0.4, -0.2) is 54.3 Å². The van der Waals surface area contributed by atoms with Crippen molar-refractivity contribution in [3.63, 3.8) is 0 Å². The van der Waals surface area contributed by atoms with E-state index in [9.17, 15) is 0 Å². The standard InChI is InChI=1S/C27H28N4O3/c1-2-5-22(6-3-1)34-23-9-7-21(8-10-23)30-27-25-12-11-24(19-26(25)28-20-29-27)33-16-4-13-31-14-17-32-18-15-31/h1-3,5-12,19-20H,4,13-18H2,(H,28,29,30). The minimum Gasteiger partial charge on any atom is -0.493 e. The first-order valence-electron chi connectivity index (χ1n) is 11.6. The van der Waals surface area contributed by atoms with E-state index in [-0.39, 0.29) is 0 Å². The fraction of sp³-hybridized carbons (Fsp3) is 0.259. The molecule has 1 aromatic heterocycles. The zero-order chi connectivity index (χ0) is 23.0. The molecule has 0 amide bonds. The summed E-state index contributed by atoms with van der Waals surface area (Å²) >= 11 is 0. The van der Waals surface area contributed by atoms with Crippen molar-refractivity contribution in [1.82, 2.24) is 14.9 Å². The SMILES string of the molecule is c1ccc(Oc2ccc(Nc3ncnc4cc(OCCCN5CCOCC5)ccc34)cc2)cc1. The molecule has 3 aromatic carbocycles. The Morgan fingerprint density at radius 3 is 2.44 bits per heavy atom. The molecule has 7 heteroatoms. The highest BCUT2D eigenvalue weighted by atomic mass is 16.5. The summed E-state index contributed by atoms with van der Waals surface area (Å²) in [6.45, 7) is 5.37. The zero-order valence-electron chi connectivity index (χ0n) is 19.0. The van der Waals surface area contributed by atoms with Crippen molar-refractivity contribution in [2.75, 3.05) is 44.8 Å². The summed E-state index contributed by atoms with van der Waals surface area (Å²) in [5, 5.41) is 4.32. The molecule has 0 unspecified atom stereocenters. The molecule has 0 atom stereocenters. The third-order valence-electron chi connectivity index (χ3n) is 5.70. The molecule has 1 aliphatic rings. The molecule has 1 N–H and O–H groups in total. The number of nitrogens with zero attached hydrogens (tertiary/aromatic N) is 3. The highest BCUT2D eigenvalue weighted by Crippen LogP contribution is 2.28. The quantitative estimate of drug-likeness (QED) is 0.344. The molecule has 0 saturated carbocycles. The molecule has 0 radical (unpaired) electrons. The van der Waals surface area contributed by atoms with Gasteiger partial charge in [-0.1, -0.05) is 18.2 Å². The number of nitrogens with one attached hydrogen (secondary N) is 1. The number of aromatic nitrogens is 2. The number of hydrogen-bond acceptors (Lipinski definition) is 7. The predicted molar refractivity (Wildman–Crippen MR) is 133 cm³/mol. The van der Waals surface area contributed by atoms with Crippen molar-refractivity contribution in [3.8, 4) is 17.2 Å². The van der Waals surface area contributed by atoms with E-state index in [0.29, 0.717) is 6.61 Å². The summed E-state index contributed by atoms with van der Waals surface area (Å²) in [5.41, 5.74) is 1.76. The number of morpholine rings is 1. The third-order valence-corrected chi connectivity index (χ3v) is 5.70. The zero-order valence-corrected chi connectivity index (χ0v) is 19.0. The van der Waals surface area contributed by atoms with Gasteiger partial charge in [0.15, 0.2) is 0 Å². The Morgan fingerprint density at radius 1 is 0.853 bits per heavy atom. The molecule has 0 bridgehead atoms. The Bertz CT molecular complexity index is 1200. The third kappa shape index (κ3) is 5.81. The summed E-state index contributed by atoms with van der Waals surface area (Å²) in [4.78, 5) is 11.3. The minimum absolute atomic E-state index is 0.677.